The Hall–Kier alpha value is 0.430. The molecule has 0 saturated heterocycles. The summed E-state index contributed by atoms with van der Waals surface area (Å²) < 4.78 is 1.98. The van der Waals surface area contributed by atoms with Crippen molar-refractivity contribution in [2.24, 2.45) is 5.92 Å². The fourth-order valence-electron chi connectivity index (χ4n) is 1.73. The molecule has 0 aliphatic heterocycles. The second-order valence-electron chi connectivity index (χ2n) is 3.47. The van der Waals surface area contributed by atoms with Crippen LogP contribution in [0.3, 0.4) is 0 Å². The number of aliphatic hydroxyl groups is 1. The van der Waals surface area contributed by atoms with Gasteiger partial charge in [-0.2, -0.15) is 0 Å². The molecule has 1 aliphatic rings. The third-order valence-corrected chi connectivity index (χ3v) is 3.01. The van der Waals surface area contributed by atoms with Crippen LogP contribution >= 0.6 is 22.6 Å². The van der Waals surface area contributed by atoms with Gasteiger partial charge >= 0.3 is 0 Å². The number of halogens is 1. The highest BCUT2D eigenvalue weighted by molar-refractivity contribution is 14.1. The van der Waals surface area contributed by atoms with Gasteiger partial charge in [0.15, 0.2) is 0 Å². The Labute approximate surface area is 82.0 Å². The lowest BCUT2D eigenvalue weighted by atomic mass is 9.68. The lowest BCUT2D eigenvalue weighted by Crippen LogP contribution is -2.42. The minimum absolute atomic E-state index is 0.345. The molecule has 1 nitrogen and oxygen atoms in total. The summed E-state index contributed by atoms with van der Waals surface area (Å²) in [4.78, 5) is 0. The van der Waals surface area contributed by atoms with Gasteiger partial charge in [-0.25, -0.2) is 0 Å². The van der Waals surface area contributed by atoms with Crippen LogP contribution in [0.2, 0.25) is 0 Å². The smallest absolute Gasteiger partial charge is 0.0687 e. The van der Waals surface area contributed by atoms with Crippen LogP contribution in [0.1, 0.15) is 32.6 Å². The summed E-state index contributed by atoms with van der Waals surface area (Å²) in [6, 6.07) is 0. The van der Waals surface area contributed by atoms with Crippen molar-refractivity contribution >= 4 is 22.6 Å². The average molecular weight is 266 g/mol. The van der Waals surface area contributed by atoms with Crippen molar-refractivity contribution in [3.05, 3.63) is 10.2 Å². The van der Waals surface area contributed by atoms with Crippen LogP contribution < -0.4 is 0 Å². The molecule has 2 heteroatoms. The lowest BCUT2D eigenvalue weighted by molar-refractivity contribution is -0.0711. The van der Waals surface area contributed by atoms with Crippen molar-refractivity contribution in [3.8, 4) is 0 Å². The van der Waals surface area contributed by atoms with Crippen LogP contribution in [0.25, 0.3) is 0 Å². The summed E-state index contributed by atoms with van der Waals surface area (Å²) in [6.07, 6.45) is 6.12. The third kappa shape index (κ3) is 2.44. The van der Waals surface area contributed by atoms with Gasteiger partial charge in [-0.15, -0.1) is 0 Å². The van der Waals surface area contributed by atoms with Gasteiger partial charge in [-0.3, -0.25) is 0 Å². The highest BCUT2D eigenvalue weighted by Crippen LogP contribution is 2.42. The molecule has 0 spiro atoms. The van der Waals surface area contributed by atoms with E-state index in [2.05, 4.69) is 29.5 Å². The Morgan fingerprint density at radius 3 is 2.73 bits per heavy atom. The summed E-state index contributed by atoms with van der Waals surface area (Å²) >= 11 is 2.19. The molecule has 0 bridgehead atoms. The molecule has 0 unspecified atom stereocenters. The Kier molecular flexibility index (Phi) is 3.37. The molecular formula is C9H15IO. The zero-order valence-corrected chi connectivity index (χ0v) is 9.04. The monoisotopic (exact) mass is 266 g/mol. The molecule has 0 atom stereocenters. The second kappa shape index (κ2) is 3.90. The van der Waals surface area contributed by atoms with Gasteiger partial charge in [0.2, 0.25) is 0 Å². The van der Waals surface area contributed by atoms with Crippen molar-refractivity contribution in [1.29, 1.82) is 0 Å². The van der Waals surface area contributed by atoms with E-state index in [1.54, 1.807) is 0 Å². The Bertz CT molecular complexity index is 148. The summed E-state index contributed by atoms with van der Waals surface area (Å²) in [6.45, 7) is 2.19. The highest BCUT2D eigenvalue weighted by Gasteiger charge is 2.40. The van der Waals surface area contributed by atoms with E-state index in [4.69, 9.17) is 0 Å². The van der Waals surface area contributed by atoms with Crippen molar-refractivity contribution in [2.75, 3.05) is 0 Å². The van der Waals surface area contributed by atoms with E-state index < -0.39 is 0 Å². The molecule has 1 saturated carbocycles. The van der Waals surface area contributed by atoms with E-state index in [0.717, 1.165) is 25.2 Å². The van der Waals surface area contributed by atoms with Crippen molar-refractivity contribution < 1.29 is 5.11 Å². The molecule has 0 aromatic rings. The zero-order chi connectivity index (χ0) is 8.32. The third-order valence-electron chi connectivity index (χ3n) is 2.50. The summed E-state index contributed by atoms with van der Waals surface area (Å²) in [5, 5.41) is 9.79. The molecule has 64 valence electrons. The van der Waals surface area contributed by atoms with E-state index >= 15 is 0 Å². The van der Waals surface area contributed by atoms with Crippen molar-refractivity contribution in [1.82, 2.24) is 0 Å². The predicted octanol–water partition coefficient (Wildman–Crippen LogP) is 2.88. The molecule has 0 aromatic heterocycles. The molecule has 0 amide bonds. The number of rotatable bonds is 3. The molecule has 1 fully saturated rings. The second-order valence-corrected chi connectivity index (χ2v) is 4.19. The molecule has 11 heavy (non-hydrogen) atoms. The van der Waals surface area contributed by atoms with E-state index in [0.29, 0.717) is 0 Å². The molecular weight excluding hydrogens is 251 g/mol. The molecule has 0 radical (unpaired) electrons. The predicted molar refractivity (Wildman–Crippen MR) is 55.7 cm³/mol. The molecule has 1 rings (SSSR count). The fraction of sp³-hybridized carbons (Fsp3) is 0.778. The summed E-state index contributed by atoms with van der Waals surface area (Å²) in [7, 11) is 0. The first-order valence-electron chi connectivity index (χ1n) is 4.18. The fourth-order valence-corrected chi connectivity index (χ4v) is 1.99. The first kappa shape index (κ1) is 9.52. The van der Waals surface area contributed by atoms with E-state index in [9.17, 15) is 5.11 Å². The van der Waals surface area contributed by atoms with Crippen LogP contribution in [0.15, 0.2) is 10.2 Å². The van der Waals surface area contributed by atoms with Crippen molar-refractivity contribution in [3.63, 3.8) is 0 Å². The van der Waals surface area contributed by atoms with Gasteiger partial charge in [0, 0.05) is 0 Å². The van der Waals surface area contributed by atoms with Crippen LogP contribution in [0.5, 0.6) is 0 Å². The van der Waals surface area contributed by atoms with Crippen LogP contribution in [-0.4, -0.2) is 10.7 Å². The SMILES string of the molecule is CCC1CC(O)(C/C=C/I)C1. The zero-order valence-electron chi connectivity index (χ0n) is 6.89. The minimum atomic E-state index is -0.345. The van der Waals surface area contributed by atoms with Gasteiger partial charge in [-0.05, 0) is 29.3 Å². The van der Waals surface area contributed by atoms with E-state index in [1.165, 1.54) is 6.42 Å². The van der Waals surface area contributed by atoms with Gasteiger partial charge in [-0.1, -0.05) is 42.0 Å². The van der Waals surface area contributed by atoms with Gasteiger partial charge < -0.3 is 5.11 Å². The maximum absolute atomic E-state index is 9.79. The Morgan fingerprint density at radius 1 is 1.64 bits per heavy atom. The molecule has 0 aromatic carbocycles. The summed E-state index contributed by atoms with van der Waals surface area (Å²) in [5.74, 6) is 0.780. The quantitative estimate of drug-likeness (QED) is 0.779. The van der Waals surface area contributed by atoms with E-state index in [-0.39, 0.29) is 5.60 Å². The Balaban J connectivity index is 2.25. The highest BCUT2D eigenvalue weighted by atomic mass is 127. The maximum Gasteiger partial charge on any atom is 0.0687 e. The minimum Gasteiger partial charge on any atom is -0.390 e. The number of hydrogen-bond acceptors (Lipinski definition) is 1. The standard InChI is InChI=1S/C9H15IO/c1-2-8-6-9(11,7-8)4-3-5-10/h3,5,8,11H,2,4,6-7H2,1H3/b5-3+. The first-order valence-corrected chi connectivity index (χ1v) is 5.42. The average Bonchev–Trinajstić information content (AvgIpc) is 1.95. The van der Waals surface area contributed by atoms with Crippen LogP contribution in [0, 0.1) is 5.92 Å². The molecule has 0 heterocycles. The normalized spacial score (nSPS) is 37.5. The topological polar surface area (TPSA) is 20.2 Å². The summed E-state index contributed by atoms with van der Waals surface area (Å²) in [5.41, 5.74) is -0.345. The van der Waals surface area contributed by atoms with Gasteiger partial charge in [0.05, 0.1) is 5.60 Å². The van der Waals surface area contributed by atoms with Crippen LogP contribution in [-0.2, 0) is 0 Å². The molecule has 1 N–H and O–H groups in total. The van der Waals surface area contributed by atoms with Gasteiger partial charge in [0.1, 0.15) is 0 Å². The Morgan fingerprint density at radius 2 is 2.27 bits per heavy atom. The van der Waals surface area contributed by atoms with Crippen molar-refractivity contribution in [2.45, 2.75) is 38.2 Å². The first-order chi connectivity index (χ1) is 5.20. The number of hydrogen-bond donors (Lipinski definition) is 1. The largest absolute Gasteiger partial charge is 0.390 e. The van der Waals surface area contributed by atoms with Gasteiger partial charge in [0.25, 0.3) is 0 Å². The van der Waals surface area contributed by atoms with E-state index in [1.807, 2.05) is 10.2 Å². The molecule has 1 aliphatic carbocycles. The van der Waals surface area contributed by atoms with Crippen LogP contribution in [0.4, 0.5) is 0 Å². The lowest BCUT2D eigenvalue weighted by Gasteiger charge is -2.43. The maximum atomic E-state index is 9.79.